The van der Waals surface area contributed by atoms with Crippen molar-refractivity contribution in [1.29, 1.82) is 0 Å². The highest BCUT2D eigenvalue weighted by Crippen LogP contribution is 2.20. The van der Waals surface area contributed by atoms with E-state index in [0.29, 0.717) is 13.1 Å². The van der Waals surface area contributed by atoms with Crippen molar-refractivity contribution in [2.75, 3.05) is 18.8 Å². The predicted molar refractivity (Wildman–Crippen MR) is 67.1 cm³/mol. The van der Waals surface area contributed by atoms with E-state index < -0.39 is 15.6 Å². The molecule has 0 N–H and O–H groups in total. The molecule has 1 aliphatic rings. The molecule has 1 aromatic rings. The van der Waals surface area contributed by atoms with Gasteiger partial charge in [0.2, 0.25) is 5.91 Å². The third-order valence-electron chi connectivity index (χ3n) is 2.83. The van der Waals surface area contributed by atoms with Gasteiger partial charge in [-0.2, -0.15) is 0 Å². The van der Waals surface area contributed by atoms with E-state index in [-0.39, 0.29) is 16.0 Å². The molecular weight excluding hydrogens is 276 g/mol. The van der Waals surface area contributed by atoms with Crippen molar-refractivity contribution in [2.45, 2.75) is 17.7 Å². The molecule has 1 aromatic heterocycles. The number of amides is 1. The number of hydrogen-bond donors (Lipinski definition) is 0. The highest BCUT2D eigenvalue weighted by Gasteiger charge is 2.26. The van der Waals surface area contributed by atoms with Crippen molar-refractivity contribution in [3.05, 3.63) is 23.5 Å². The normalized spacial score (nSPS) is 15.9. The van der Waals surface area contributed by atoms with Crippen LogP contribution < -0.4 is 0 Å². The summed E-state index contributed by atoms with van der Waals surface area (Å²) in [6.07, 6.45) is 3.27. The SMILES string of the molecule is O=C(CS(=O)(=O)c1cccnc1Cl)N1CCCC1. The number of carbonyl (C=O) groups excluding carboxylic acids is 1. The number of sulfone groups is 1. The van der Waals surface area contributed by atoms with Gasteiger partial charge in [-0.25, -0.2) is 13.4 Å². The summed E-state index contributed by atoms with van der Waals surface area (Å²) < 4.78 is 24.1. The van der Waals surface area contributed by atoms with Crippen LogP contribution >= 0.6 is 11.6 Å². The Labute approximate surface area is 111 Å². The second-order valence-corrected chi connectivity index (χ2v) is 6.46. The molecule has 0 radical (unpaired) electrons. The Balaban J connectivity index is 2.17. The lowest BCUT2D eigenvalue weighted by Crippen LogP contribution is -2.33. The third kappa shape index (κ3) is 2.81. The summed E-state index contributed by atoms with van der Waals surface area (Å²) in [5.41, 5.74) is 0. The number of aromatic nitrogens is 1. The molecule has 1 amide bonds. The molecule has 2 rings (SSSR count). The van der Waals surface area contributed by atoms with E-state index in [1.54, 1.807) is 4.90 Å². The van der Waals surface area contributed by atoms with Crippen LogP contribution in [0.25, 0.3) is 0 Å². The van der Waals surface area contributed by atoms with Gasteiger partial charge in [-0.1, -0.05) is 11.6 Å². The van der Waals surface area contributed by atoms with Crippen LogP contribution in [0.2, 0.25) is 5.15 Å². The van der Waals surface area contributed by atoms with Crippen molar-refractivity contribution >= 4 is 27.3 Å². The second kappa shape index (κ2) is 5.24. The maximum absolute atomic E-state index is 12.0. The molecule has 1 fully saturated rings. The first-order valence-electron chi connectivity index (χ1n) is 5.62. The van der Waals surface area contributed by atoms with Gasteiger partial charge in [-0.15, -0.1) is 0 Å². The van der Waals surface area contributed by atoms with Crippen molar-refractivity contribution in [2.24, 2.45) is 0 Å². The van der Waals surface area contributed by atoms with Crippen LogP contribution in [0.15, 0.2) is 23.2 Å². The molecule has 0 atom stereocenters. The molecule has 18 heavy (non-hydrogen) atoms. The lowest BCUT2D eigenvalue weighted by molar-refractivity contribution is -0.127. The molecule has 0 unspecified atom stereocenters. The Bertz CT molecular complexity index is 553. The predicted octanol–water partition coefficient (Wildman–Crippen LogP) is 1.13. The number of nitrogens with zero attached hydrogens (tertiary/aromatic N) is 2. The quantitative estimate of drug-likeness (QED) is 0.782. The van der Waals surface area contributed by atoms with Gasteiger partial charge in [0.25, 0.3) is 0 Å². The molecule has 0 bridgehead atoms. The van der Waals surface area contributed by atoms with Gasteiger partial charge in [-0.3, -0.25) is 4.79 Å². The Morgan fingerprint density at radius 2 is 2.06 bits per heavy atom. The largest absolute Gasteiger partial charge is 0.342 e. The minimum atomic E-state index is -3.71. The van der Waals surface area contributed by atoms with E-state index in [0.717, 1.165) is 12.8 Å². The standard InChI is InChI=1S/C11H13ClN2O3S/c12-11-9(4-3-5-13-11)18(16,17)8-10(15)14-6-1-2-7-14/h3-5H,1-2,6-8H2. The molecule has 1 saturated heterocycles. The number of carbonyl (C=O) groups is 1. The van der Waals surface area contributed by atoms with Gasteiger partial charge >= 0.3 is 0 Å². The van der Waals surface area contributed by atoms with Gasteiger partial charge in [0, 0.05) is 19.3 Å². The number of rotatable bonds is 3. The molecular formula is C11H13ClN2O3S. The van der Waals surface area contributed by atoms with E-state index in [1.807, 2.05) is 0 Å². The van der Waals surface area contributed by atoms with E-state index in [1.165, 1.54) is 18.3 Å². The molecule has 98 valence electrons. The summed E-state index contributed by atoms with van der Waals surface area (Å²) in [6, 6.07) is 2.85. The van der Waals surface area contributed by atoms with Gasteiger partial charge in [0.15, 0.2) is 9.84 Å². The maximum atomic E-state index is 12.0. The Morgan fingerprint density at radius 3 is 2.67 bits per heavy atom. The Morgan fingerprint density at radius 1 is 1.39 bits per heavy atom. The summed E-state index contributed by atoms with van der Waals surface area (Å²) in [6.45, 7) is 1.27. The number of halogens is 1. The highest BCUT2D eigenvalue weighted by atomic mass is 35.5. The van der Waals surface area contributed by atoms with Crippen LogP contribution in [0.3, 0.4) is 0 Å². The number of hydrogen-bond acceptors (Lipinski definition) is 4. The molecule has 5 nitrogen and oxygen atoms in total. The molecule has 0 spiro atoms. The minimum Gasteiger partial charge on any atom is -0.342 e. The fourth-order valence-electron chi connectivity index (χ4n) is 1.90. The first-order chi connectivity index (χ1) is 8.50. The smallest absolute Gasteiger partial charge is 0.238 e. The zero-order chi connectivity index (χ0) is 13.2. The molecule has 0 aromatic carbocycles. The fourth-order valence-corrected chi connectivity index (χ4v) is 3.63. The van der Waals surface area contributed by atoms with Crippen molar-refractivity contribution in [1.82, 2.24) is 9.88 Å². The van der Waals surface area contributed by atoms with Gasteiger partial charge in [-0.05, 0) is 25.0 Å². The lowest BCUT2D eigenvalue weighted by atomic mass is 10.4. The van der Waals surface area contributed by atoms with Crippen LogP contribution in [0.1, 0.15) is 12.8 Å². The van der Waals surface area contributed by atoms with E-state index in [2.05, 4.69) is 4.98 Å². The Hall–Kier alpha value is -1.14. The fraction of sp³-hybridized carbons (Fsp3) is 0.455. The zero-order valence-corrected chi connectivity index (χ0v) is 11.2. The summed E-state index contributed by atoms with van der Waals surface area (Å²) >= 11 is 5.74. The zero-order valence-electron chi connectivity index (χ0n) is 9.67. The van der Waals surface area contributed by atoms with Crippen molar-refractivity contribution in [3.63, 3.8) is 0 Å². The minimum absolute atomic E-state index is 0.0841. The second-order valence-electron chi connectivity index (χ2n) is 4.14. The molecule has 7 heteroatoms. The average molecular weight is 289 g/mol. The monoisotopic (exact) mass is 288 g/mol. The summed E-state index contributed by atoms with van der Waals surface area (Å²) in [5, 5.41) is -0.0910. The maximum Gasteiger partial charge on any atom is 0.238 e. The Kier molecular flexibility index (Phi) is 3.87. The molecule has 2 heterocycles. The topological polar surface area (TPSA) is 67.3 Å². The summed E-state index contributed by atoms with van der Waals surface area (Å²) in [4.78, 5) is 17.0. The van der Waals surface area contributed by atoms with Crippen molar-refractivity contribution in [3.8, 4) is 0 Å². The lowest BCUT2D eigenvalue weighted by Gasteiger charge is -2.15. The van der Waals surface area contributed by atoms with Gasteiger partial charge in [0.1, 0.15) is 15.8 Å². The molecule has 1 aliphatic heterocycles. The summed E-state index contributed by atoms with van der Waals surface area (Å²) in [7, 11) is -3.71. The van der Waals surface area contributed by atoms with Crippen LogP contribution in [0.4, 0.5) is 0 Å². The highest BCUT2D eigenvalue weighted by molar-refractivity contribution is 7.92. The van der Waals surface area contributed by atoms with Gasteiger partial charge in [0.05, 0.1) is 0 Å². The molecule has 0 saturated carbocycles. The van der Waals surface area contributed by atoms with Crippen LogP contribution in [-0.4, -0.2) is 43.1 Å². The van der Waals surface area contributed by atoms with E-state index >= 15 is 0 Å². The first kappa shape index (κ1) is 13.3. The van der Waals surface area contributed by atoms with Crippen molar-refractivity contribution < 1.29 is 13.2 Å². The van der Waals surface area contributed by atoms with Crippen LogP contribution in [0, 0.1) is 0 Å². The summed E-state index contributed by atoms with van der Waals surface area (Å²) in [5.74, 6) is -0.911. The number of pyridine rings is 1. The number of likely N-dealkylation sites (tertiary alicyclic amines) is 1. The first-order valence-corrected chi connectivity index (χ1v) is 7.65. The van der Waals surface area contributed by atoms with E-state index in [9.17, 15) is 13.2 Å². The van der Waals surface area contributed by atoms with Crippen LogP contribution in [-0.2, 0) is 14.6 Å². The van der Waals surface area contributed by atoms with Gasteiger partial charge < -0.3 is 4.90 Å². The molecule has 0 aliphatic carbocycles. The average Bonchev–Trinajstić information content (AvgIpc) is 2.82. The van der Waals surface area contributed by atoms with E-state index in [4.69, 9.17) is 11.6 Å². The van der Waals surface area contributed by atoms with Crippen LogP contribution in [0.5, 0.6) is 0 Å². The third-order valence-corrected chi connectivity index (χ3v) is 4.87.